The number of hydrogen-bond acceptors (Lipinski definition) is 3. The predicted octanol–water partition coefficient (Wildman–Crippen LogP) is 3.19. The summed E-state index contributed by atoms with van der Waals surface area (Å²) in [5.74, 6) is 2.06. The van der Waals surface area contributed by atoms with Gasteiger partial charge in [-0.05, 0) is 52.0 Å². The van der Waals surface area contributed by atoms with Crippen LogP contribution in [-0.4, -0.2) is 31.1 Å². The van der Waals surface area contributed by atoms with E-state index in [1.54, 1.807) is 0 Å². The third-order valence-electron chi connectivity index (χ3n) is 2.99. The van der Waals surface area contributed by atoms with Crippen molar-refractivity contribution < 1.29 is 4.42 Å². The van der Waals surface area contributed by atoms with Crippen molar-refractivity contribution in [3.63, 3.8) is 0 Å². The van der Waals surface area contributed by atoms with Crippen LogP contribution in [0.3, 0.4) is 0 Å². The van der Waals surface area contributed by atoms with Gasteiger partial charge >= 0.3 is 0 Å². The molecule has 0 amide bonds. The van der Waals surface area contributed by atoms with Gasteiger partial charge < -0.3 is 9.73 Å². The maximum atomic E-state index is 5.57. The number of rotatable bonds is 9. The highest BCUT2D eigenvalue weighted by Crippen LogP contribution is 2.09. The van der Waals surface area contributed by atoms with Crippen molar-refractivity contribution in [2.24, 2.45) is 0 Å². The van der Waals surface area contributed by atoms with E-state index in [9.17, 15) is 0 Å². The van der Waals surface area contributed by atoms with Crippen LogP contribution >= 0.6 is 0 Å². The summed E-state index contributed by atoms with van der Waals surface area (Å²) in [4.78, 5) is 2.33. The maximum Gasteiger partial charge on any atom is 0.118 e. The first-order chi connectivity index (χ1) is 8.58. The molecule has 1 rings (SSSR count). The second-order valence-corrected chi connectivity index (χ2v) is 5.42. The van der Waals surface area contributed by atoms with Gasteiger partial charge in [-0.2, -0.15) is 0 Å². The highest BCUT2D eigenvalue weighted by Gasteiger charge is 2.03. The Morgan fingerprint density at radius 3 is 2.61 bits per heavy atom. The molecule has 0 atom stereocenters. The highest BCUT2D eigenvalue weighted by molar-refractivity contribution is 5.05. The van der Waals surface area contributed by atoms with Crippen LogP contribution < -0.4 is 5.32 Å². The lowest BCUT2D eigenvalue weighted by atomic mass is 10.2. The minimum Gasteiger partial charge on any atom is -0.465 e. The lowest BCUT2D eigenvalue weighted by molar-refractivity contribution is 0.285. The van der Waals surface area contributed by atoms with Gasteiger partial charge in [0.15, 0.2) is 0 Å². The zero-order chi connectivity index (χ0) is 13.4. The normalized spacial score (nSPS) is 11.7. The minimum atomic E-state index is 0.606. The molecule has 0 fully saturated rings. The third kappa shape index (κ3) is 6.82. The molecule has 0 saturated carbocycles. The van der Waals surface area contributed by atoms with Gasteiger partial charge in [0.25, 0.3) is 0 Å². The lowest BCUT2D eigenvalue weighted by Gasteiger charge is -2.15. The van der Waals surface area contributed by atoms with Crippen molar-refractivity contribution in [3.05, 3.63) is 23.7 Å². The summed E-state index contributed by atoms with van der Waals surface area (Å²) in [7, 11) is 2.16. The first-order valence-electron chi connectivity index (χ1n) is 7.05. The molecule has 0 aliphatic rings. The van der Waals surface area contributed by atoms with E-state index in [0.29, 0.717) is 6.04 Å². The Hall–Kier alpha value is -0.800. The van der Waals surface area contributed by atoms with E-state index in [4.69, 9.17) is 4.42 Å². The SMILES string of the molecule is Cc1ccc(CN(C)CCCCCNC(C)C)o1. The van der Waals surface area contributed by atoms with E-state index in [0.717, 1.165) is 31.2 Å². The second-order valence-electron chi connectivity index (χ2n) is 5.42. The Kier molecular flexibility index (Phi) is 7.06. The van der Waals surface area contributed by atoms with Crippen LogP contribution in [0, 0.1) is 6.92 Å². The van der Waals surface area contributed by atoms with Gasteiger partial charge in [0.05, 0.1) is 6.54 Å². The number of unbranched alkanes of at least 4 members (excludes halogenated alkanes) is 2. The van der Waals surface area contributed by atoms with E-state index >= 15 is 0 Å². The van der Waals surface area contributed by atoms with Crippen LogP contribution in [0.15, 0.2) is 16.5 Å². The first kappa shape index (κ1) is 15.3. The molecule has 0 aromatic carbocycles. The fourth-order valence-electron chi connectivity index (χ4n) is 1.99. The quantitative estimate of drug-likeness (QED) is 0.684. The van der Waals surface area contributed by atoms with Gasteiger partial charge in [-0.1, -0.05) is 20.3 Å². The van der Waals surface area contributed by atoms with Crippen LogP contribution in [-0.2, 0) is 6.54 Å². The lowest BCUT2D eigenvalue weighted by Crippen LogP contribution is -2.24. The van der Waals surface area contributed by atoms with E-state index in [-0.39, 0.29) is 0 Å². The molecular weight excluding hydrogens is 224 g/mol. The number of aryl methyl sites for hydroxylation is 1. The fraction of sp³-hybridized carbons (Fsp3) is 0.733. The maximum absolute atomic E-state index is 5.57. The Morgan fingerprint density at radius 2 is 2.00 bits per heavy atom. The van der Waals surface area contributed by atoms with Crippen molar-refractivity contribution >= 4 is 0 Å². The smallest absolute Gasteiger partial charge is 0.118 e. The van der Waals surface area contributed by atoms with E-state index in [1.807, 2.05) is 13.0 Å². The number of hydrogen-bond donors (Lipinski definition) is 1. The summed E-state index contributed by atoms with van der Waals surface area (Å²) in [6, 6.07) is 4.70. The van der Waals surface area contributed by atoms with Crippen molar-refractivity contribution in [3.8, 4) is 0 Å². The van der Waals surface area contributed by atoms with Gasteiger partial charge in [0.1, 0.15) is 11.5 Å². The standard InChI is InChI=1S/C15H28N2O/c1-13(2)16-10-6-5-7-11-17(4)12-15-9-8-14(3)18-15/h8-9,13,16H,5-7,10-12H2,1-4H3. The molecule has 1 heterocycles. The van der Waals surface area contributed by atoms with Gasteiger partial charge in [0, 0.05) is 6.04 Å². The van der Waals surface area contributed by atoms with Crippen molar-refractivity contribution in [1.82, 2.24) is 10.2 Å². The molecule has 0 aliphatic heterocycles. The molecule has 3 nitrogen and oxygen atoms in total. The molecule has 1 aromatic rings. The predicted molar refractivity (Wildman–Crippen MR) is 76.8 cm³/mol. The number of furan rings is 1. The summed E-state index contributed by atoms with van der Waals surface area (Å²) >= 11 is 0. The summed E-state index contributed by atoms with van der Waals surface area (Å²) in [5, 5.41) is 3.45. The number of nitrogens with zero attached hydrogens (tertiary/aromatic N) is 1. The molecular formula is C15H28N2O. The number of nitrogens with one attached hydrogen (secondary N) is 1. The van der Waals surface area contributed by atoms with Crippen LogP contribution in [0.25, 0.3) is 0 Å². The molecule has 0 radical (unpaired) electrons. The van der Waals surface area contributed by atoms with Gasteiger partial charge in [-0.15, -0.1) is 0 Å². The molecule has 18 heavy (non-hydrogen) atoms. The summed E-state index contributed by atoms with van der Waals surface area (Å²) in [6.45, 7) is 9.57. The average Bonchev–Trinajstić information content (AvgIpc) is 2.68. The van der Waals surface area contributed by atoms with E-state index in [1.165, 1.54) is 19.3 Å². The molecule has 0 spiro atoms. The van der Waals surface area contributed by atoms with Crippen molar-refractivity contribution in [1.29, 1.82) is 0 Å². The summed E-state index contributed by atoms with van der Waals surface area (Å²) < 4.78 is 5.57. The summed E-state index contributed by atoms with van der Waals surface area (Å²) in [5.41, 5.74) is 0. The second kappa shape index (κ2) is 8.33. The highest BCUT2D eigenvalue weighted by atomic mass is 16.3. The van der Waals surface area contributed by atoms with Crippen LogP contribution in [0.4, 0.5) is 0 Å². The minimum absolute atomic E-state index is 0.606. The van der Waals surface area contributed by atoms with Crippen LogP contribution in [0.2, 0.25) is 0 Å². The monoisotopic (exact) mass is 252 g/mol. The van der Waals surface area contributed by atoms with E-state index in [2.05, 4.69) is 37.2 Å². The molecule has 0 saturated heterocycles. The molecule has 1 aromatic heterocycles. The van der Waals surface area contributed by atoms with Crippen molar-refractivity contribution in [2.75, 3.05) is 20.1 Å². The van der Waals surface area contributed by atoms with Crippen LogP contribution in [0.1, 0.15) is 44.6 Å². The van der Waals surface area contributed by atoms with Crippen molar-refractivity contribution in [2.45, 2.75) is 52.6 Å². The first-order valence-corrected chi connectivity index (χ1v) is 7.05. The molecule has 1 N–H and O–H groups in total. The van der Waals surface area contributed by atoms with E-state index < -0.39 is 0 Å². The summed E-state index contributed by atoms with van der Waals surface area (Å²) in [6.07, 6.45) is 3.82. The Balaban J connectivity index is 2.01. The molecule has 0 bridgehead atoms. The zero-order valence-electron chi connectivity index (χ0n) is 12.3. The fourth-order valence-corrected chi connectivity index (χ4v) is 1.99. The zero-order valence-corrected chi connectivity index (χ0v) is 12.3. The molecule has 104 valence electrons. The molecule has 0 aliphatic carbocycles. The van der Waals surface area contributed by atoms with Gasteiger partial charge in [-0.3, -0.25) is 4.90 Å². The van der Waals surface area contributed by atoms with Crippen LogP contribution in [0.5, 0.6) is 0 Å². The Labute approximate surface area is 112 Å². The largest absolute Gasteiger partial charge is 0.465 e. The average molecular weight is 252 g/mol. The third-order valence-corrected chi connectivity index (χ3v) is 2.99. The van der Waals surface area contributed by atoms with Gasteiger partial charge in [0.2, 0.25) is 0 Å². The Bertz CT molecular complexity index is 320. The molecule has 0 unspecified atom stereocenters. The molecule has 3 heteroatoms. The topological polar surface area (TPSA) is 28.4 Å². The Morgan fingerprint density at radius 1 is 1.22 bits per heavy atom. The van der Waals surface area contributed by atoms with Gasteiger partial charge in [-0.25, -0.2) is 0 Å².